The van der Waals surface area contributed by atoms with Crippen molar-refractivity contribution < 1.29 is 14.3 Å². The highest BCUT2D eigenvalue weighted by Crippen LogP contribution is 2.48. The smallest absolute Gasteiger partial charge is 0.269 e. The predicted octanol–water partition coefficient (Wildman–Crippen LogP) is 2.85. The number of likely N-dealkylation sites (tertiary alicyclic amines) is 1. The van der Waals surface area contributed by atoms with E-state index in [0.717, 1.165) is 54.7 Å². The van der Waals surface area contributed by atoms with Crippen molar-refractivity contribution in [3.05, 3.63) is 46.5 Å². The first-order valence-electron chi connectivity index (χ1n) is 10.6. The highest BCUT2D eigenvalue weighted by Gasteiger charge is 2.36. The van der Waals surface area contributed by atoms with Crippen molar-refractivity contribution in [1.82, 2.24) is 14.5 Å². The van der Waals surface area contributed by atoms with E-state index in [0.29, 0.717) is 12.4 Å². The third-order valence-electron chi connectivity index (χ3n) is 6.17. The first-order valence-corrected chi connectivity index (χ1v) is 10.6. The van der Waals surface area contributed by atoms with Gasteiger partial charge in [-0.05, 0) is 69.5 Å². The van der Waals surface area contributed by atoms with Crippen LogP contribution in [0.2, 0.25) is 0 Å². The van der Waals surface area contributed by atoms with E-state index in [-0.39, 0.29) is 17.3 Å². The van der Waals surface area contributed by atoms with Gasteiger partial charge in [-0.3, -0.25) is 9.69 Å². The van der Waals surface area contributed by atoms with Crippen LogP contribution in [0.25, 0.3) is 17.0 Å². The van der Waals surface area contributed by atoms with E-state index in [9.17, 15) is 14.3 Å². The second-order valence-electron chi connectivity index (χ2n) is 9.10. The van der Waals surface area contributed by atoms with Gasteiger partial charge in [0.25, 0.3) is 5.91 Å². The number of rotatable bonds is 3. The van der Waals surface area contributed by atoms with Crippen molar-refractivity contribution in [2.24, 2.45) is 5.73 Å². The molecule has 4 aliphatic rings. The van der Waals surface area contributed by atoms with Gasteiger partial charge in [-0.1, -0.05) is 17.9 Å². The van der Waals surface area contributed by atoms with Crippen molar-refractivity contribution in [3.8, 4) is 23.2 Å². The molecule has 160 valence electrons. The van der Waals surface area contributed by atoms with Crippen LogP contribution in [-0.4, -0.2) is 44.2 Å². The average Bonchev–Trinajstić information content (AvgIpc) is 3.23. The Balaban J connectivity index is 1.69. The Labute approximate surface area is 180 Å². The molecule has 1 aromatic carbocycles. The number of primary amides is 1. The molecular formula is C24H25FN4O2. The molecule has 2 bridgehead atoms. The van der Waals surface area contributed by atoms with Gasteiger partial charge in [0.1, 0.15) is 17.2 Å². The number of carbonyl (C=O) groups is 1. The zero-order valence-electron chi connectivity index (χ0n) is 17.7. The first kappa shape index (κ1) is 20.0. The maximum absolute atomic E-state index is 14.8. The third kappa shape index (κ3) is 3.46. The molecule has 1 amide bonds. The second kappa shape index (κ2) is 7.04. The lowest BCUT2D eigenvalue weighted by atomic mass is 9.86. The lowest BCUT2D eigenvalue weighted by Crippen LogP contribution is -2.26. The Kier molecular flexibility index (Phi) is 4.54. The van der Waals surface area contributed by atoms with Crippen LogP contribution >= 0.6 is 0 Å². The van der Waals surface area contributed by atoms with Gasteiger partial charge < -0.3 is 15.4 Å². The number of imidazole rings is 1. The number of carbonyl (C=O) groups excluding carboxylic acids is 1. The minimum atomic E-state index is -1.23. The van der Waals surface area contributed by atoms with Gasteiger partial charge in [0.15, 0.2) is 5.69 Å². The molecule has 6 nitrogen and oxygen atoms in total. The van der Waals surface area contributed by atoms with Gasteiger partial charge in [-0.2, -0.15) is 0 Å². The van der Waals surface area contributed by atoms with E-state index in [1.165, 1.54) is 6.07 Å². The highest BCUT2D eigenvalue weighted by atomic mass is 19.1. The number of hydrogen-bond acceptors (Lipinski definition) is 4. The Bertz CT molecular complexity index is 1190. The van der Waals surface area contributed by atoms with Gasteiger partial charge in [0.05, 0.1) is 17.3 Å². The molecule has 1 fully saturated rings. The van der Waals surface area contributed by atoms with Crippen molar-refractivity contribution in [3.63, 3.8) is 0 Å². The normalized spacial score (nSPS) is 19.5. The molecule has 1 unspecified atom stereocenters. The number of nitrogens with zero attached hydrogens (tertiary/aromatic N) is 3. The summed E-state index contributed by atoms with van der Waals surface area (Å²) in [5.41, 5.74) is 8.36. The van der Waals surface area contributed by atoms with Crippen LogP contribution in [0, 0.1) is 17.7 Å². The van der Waals surface area contributed by atoms with Crippen molar-refractivity contribution in [1.29, 1.82) is 0 Å². The zero-order valence-corrected chi connectivity index (χ0v) is 17.7. The van der Waals surface area contributed by atoms with Crippen LogP contribution in [0.4, 0.5) is 4.39 Å². The summed E-state index contributed by atoms with van der Waals surface area (Å²) in [6, 6.07) is 3.23. The molecule has 0 saturated carbocycles. The highest BCUT2D eigenvalue weighted by molar-refractivity contribution is 5.94. The summed E-state index contributed by atoms with van der Waals surface area (Å²) in [6.45, 7) is 5.70. The monoisotopic (exact) mass is 420 g/mol. The molecule has 2 aromatic rings. The van der Waals surface area contributed by atoms with Gasteiger partial charge >= 0.3 is 0 Å². The van der Waals surface area contributed by atoms with Gasteiger partial charge in [0.2, 0.25) is 0 Å². The molecule has 1 aliphatic carbocycles. The van der Waals surface area contributed by atoms with E-state index in [1.54, 1.807) is 19.9 Å². The molecule has 4 heterocycles. The number of allylic oxidation sites excluding steroid dienone is 2. The maximum atomic E-state index is 14.8. The average molecular weight is 420 g/mol. The molecule has 31 heavy (non-hydrogen) atoms. The summed E-state index contributed by atoms with van der Waals surface area (Å²) in [7, 11) is 0. The Morgan fingerprint density at radius 2 is 2.03 bits per heavy atom. The minimum absolute atomic E-state index is 0.0737. The zero-order chi connectivity index (χ0) is 21.9. The topological polar surface area (TPSA) is 84.4 Å². The van der Waals surface area contributed by atoms with Gasteiger partial charge in [0, 0.05) is 12.1 Å². The number of hydrogen-bond donors (Lipinski definition) is 2. The quantitative estimate of drug-likeness (QED) is 0.748. The summed E-state index contributed by atoms with van der Waals surface area (Å²) in [6.07, 6.45) is 5.16. The second-order valence-corrected chi connectivity index (χ2v) is 9.10. The number of halogens is 1. The molecule has 7 heteroatoms. The van der Waals surface area contributed by atoms with E-state index in [4.69, 9.17) is 5.73 Å². The van der Waals surface area contributed by atoms with Crippen LogP contribution in [0.5, 0.6) is 0 Å². The predicted molar refractivity (Wildman–Crippen MR) is 115 cm³/mol. The Morgan fingerprint density at radius 3 is 2.68 bits per heavy atom. The summed E-state index contributed by atoms with van der Waals surface area (Å²) in [4.78, 5) is 19.2. The molecule has 1 saturated heterocycles. The Morgan fingerprint density at radius 1 is 1.32 bits per heavy atom. The molecule has 1 atom stereocenters. The number of amides is 1. The van der Waals surface area contributed by atoms with E-state index in [1.807, 2.05) is 0 Å². The molecule has 0 spiro atoms. The number of benzene rings is 1. The van der Waals surface area contributed by atoms with Crippen LogP contribution in [0.3, 0.4) is 0 Å². The van der Waals surface area contributed by atoms with Crippen molar-refractivity contribution in [2.45, 2.75) is 51.3 Å². The van der Waals surface area contributed by atoms with Crippen molar-refractivity contribution in [2.75, 3.05) is 13.1 Å². The number of nitrogens with two attached hydrogens (primary N) is 1. The maximum Gasteiger partial charge on any atom is 0.269 e. The summed E-state index contributed by atoms with van der Waals surface area (Å²) in [5.74, 6) is 5.06. The first-order chi connectivity index (χ1) is 14.7. The van der Waals surface area contributed by atoms with Crippen molar-refractivity contribution >= 4 is 11.5 Å². The molecule has 3 N–H and O–H groups in total. The van der Waals surface area contributed by atoms with Gasteiger partial charge in [-0.15, -0.1) is 0 Å². The molecule has 6 rings (SSSR count). The molecule has 0 radical (unpaired) electrons. The fraction of sp³-hybridized carbons (Fsp3) is 0.417. The standard InChI is InChI=1S/C24H25FN4O2/c1-24(2,31)6-5-14-11-18-17(12-19(14)25)15-9-16(10-15)29-20(13-28-7-3-4-8-28)21(22(26)30)27-23(18)29/h9,11-12,16,31H,3-4,7-8,10,13H2,1-2H3,(H2,26,30). The van der Waals surface area contributed by atoms with E-state index in [2.05, 4.69) is 32.4 Å². The van der Waals surface area contributed by atoms with Crippen LogP contribution < -0.4 is 5.73 Å². The van der Waals surface area contributed by atoms with Crippen LogP contribution in [-0.2, 0) is 6.54 Å². The summed E-state index contributed by atoms with van der Waals surface area (Å²) >= 11 is 0. The van der Waals surface area contributed by atoms with Crippen LogP contribution in [0.15, 0.2) is 18.2 Å². The third-order valence-corrected chi connectivity index (χ3v) is 6.17. The fourth-order valence-corrected chi connectivity index (χ4v) is 4.64. The molecule has 3 aliphatic heterocycles. The minimum Gasteiger partial charge on any atom is -0.378 e. The lowest BCUT2D eigenvalue weighted by molar-refractivity contribution is 0.0993. The molecular weight excluding hydrogens is 395 g/mol. The van der Waals surface area contributed by atoms with Crippen LogP contribution in [0.1, 0.15) is 66.5 Å². The largest absolute Gasteiger partial charge is 0.378 e. The van der Waals surface area contributed by atoms with Gasteiger partial charge in [-0.25, -0.2) is 9.37 Å². The number of aromatic nitrogens is 2. The Hall–Kier alpha value is -2.95. The molecule has 1 aromatic heterocycles. The number of aliphatic hydroxyl groups is 1. The SMILES string of the molecule is CC(C)(O)C#Cc1cc2c(cc1F)C1=CC(C1)n1c-2nc(C(N)=O)c1CN1CCCC1. The van der Waals surface area contributed by atoms with E-state index >= 15 is 0 Å². The fourth-order valence-electron chi connectivity index (χ4n) is 4.64. The summed E-state index contributed by atoms with van der Waals surface area (Å²) in [5, 5.41) is 9.92. The lowest BCUT2D eigenvalue weighted by Gasteiger charge is -2.27. The summed E-state index contributed by atoms with van der Waals surface area (Å²) < 4.78 is 16.9. The van der Waals surface area contributed by atoms with E-state index < -0.39 is 17.3 Å².